The van der Waals surface area contributed by atoms with Gasteiger partial charge in [-0.2, -0.15) is 0 Å². The summed E-state index contributed by atoms with van der Waals surface area (Å²) in [5.74, 6) is -0.455. The monoisotopic (exact) mass is 867 g/mol. The summed E-state index contributed by atoms with van der Waals surface area (Å²) in [6.45, 7) is 6.36. The smallest absolute Gasteiger partial charge is 0.494 e. The van der Waals surface area contributed by atoms with E-state index in [1.54, 1.807) is 6.08 Å². The van der Waals surface area contributed by atoms with Gasteiger partial charge in [-0.1, -0.05) is 38.1 Å². The van der Waals surface area contributed by atoms with Crippen LogP contribution in [0.1, 0.15) is 118 Å². The highest BCUT2D eigenvalue weighted by Crippen LogP contribution is 2.40. The van der Waals surface area contributed by atoms with Crippen molar-refractivity contribution in [3.63, 3.8) is 0 Å². The molecule has 336 valence electrons. The van der Waals surface area contributed by atoms with Gasteiger partial charge in [0.05, 0.1) is 46.0 Å². The number of halogens is 2. The van der Waals surface area contributed by atoms with Gasteiger partial charge in [0.1, 0.15) is 11.4 Å². The van der Waals surface area contributed by atoms with Crippen molar-refractivity contribution in [2.24, 2.45) is 0 Å². The molecular weight excluding hydrogens is 805 g/mol. The first-order valence-electron chi connectivity index (χ1n) is 22.2. The number of aromatic amines is 1. The van der Waals surface area contributed by atoms with E-state index in [9.17, 15) is 19.2 Å². The Morgan fingerprint density at radius 2 is 1.71 bits per heavy atom. The van der Waals surface area contributed by atoms with E-state index in [0.29, 0.717) is 91.5 Å². The van der Waals surface area contributed by atoms with Crippen molar-refractivity contribution >= 4 is 54.5 Å². The number of ether oxygens (including phenoxy) is 1. The van der Waals surface area contributed by atoms with Crippen molar-refractivity contribution in [3.8, 4) is 5.75 Å². The fourth-order valence-electron chi connectivity index (χ4n) is 8.26. The van der Waals surface area contributed by atoms with Gasteiger partial charge in [-0.05, 0) is 99.9 Å². The molecule has 3 aliphatic rings. The van der Waals surface area contributed by atoms with Crippen LogP contribution in [0.15, 0.2) is 72.1 Å². The van der Waals surface area contributed by atoms with Crippen LogP contribution in [0.3, 0.4) is 0 Å². The number of carbonyl (C=O) groups excluding carboxylic acids is 4. The van der Waals surface area contributed by atoms with Gasteiger partial charge >= 0.3 is 12.9 Å². The molecule has 1 atom stereocenters. The van der Waals surface area contributed by atoms with Crippen LogP contribution in [0.25, 0.3) is 18.2 Å². The van der Waals surface area contributed by atoms with E-state index in [-0.39, 0.29) is 43.3 Å². The quantitative estimate of drug-likeness (QED) is 0.0595. The average molecular weight is 868 g/mol. The number of fused-ring (bicyclic) bond motifs is 2. The van der Waals surface area contributed by atoms with Gasteiger partial charge in [0.2, 0.25) is 5.91 Å². The number of benzene rings is 1. The van der Waals surface area contributed by atoms with Gasteiger partial charge in [0, 0.05) is 66.9 Å². The summed E-state index contributed by atoms with van der Waals surface area (Å²) >= 11 is 0. The molecule has 15 heteroatoms. The molecule has 3 aromatic rings. The first kappa shape index (κ1) is 46.7. The van der Waals surface area contributed by atoms with Gasteiger partial charge < -0.3 is 42.0 Å². The predicted octanol–water partition coefficient (Wildman–Crippen LogP) is 8.28. The number of nitrogens with one attached hydrogen (secondary N) is 2. The Morgan fingerprint density at radius 1 is 0.968 bits per heavy atom. The normalized spacial score (nSPS) is 16.3. The maximum absolute atomic E-state index is 17.0. The highest BCUT2D eigenvalue weighted by molar-refractivity contribution is 6.58. The molecule has 1 saturated heterocycles. The molecule has 63 heavy (non-hydrogen) atoms. The van der Waals surface area contributed by atoms with E-state index < -0.39 is 19.0 Å². The number of H-pyrrole nitrogens is 1. The summed E-state index contributed by atoms with van der Waals surface area (Å²) in [5.41, 5.74) is 6.52. The fraction of sp³-hybridized carbons (Fsp3) is 0.438. The van der Waals surface area contributed by atoms with E-state index in [1.165, 1.54) is 8.96 Å². The lowest BCUT2D eigenvalue weighted by Crippen LogP contribution is -2.51. The van der Waals surface area contributed by atoms with Crippen LogP contribution in [0, 0.1) is 13.8 Å². The van der Waals surface area contributed by atoms with Gasteiger partial charge in [-0.15, -0.1) is 5.06 Å². The Hall–Kier alpha value is -5.83. The van der Waals surface area contributed by atoms with E-state index in [1.807, 2.05) is 81.5 Å². The molecule has 2 N–H and O–H groups in total. The van der Waals surface area contributed by atoms with Crippen molar-refractivity contribution in [2.75, 3.05) is 34.3 Å². The SMILES string of the molecule is C=C1CCC(=O)N1OC(=O)CCCCCC(=O)C(CC)NC(=O)CCCOc1ccc(/C=C/c2cc(C)c3n2[B-](F)(F)[N+]2=C(c4ccc(C)[nH]4)C=C(CCC[N+](C)(C)C)C2=C3)cc1. The lowest BCUT2D eigenvalue weighted by atomic mass is 9.88. The molecule has 1 unspecified atom stereocenters. The highest BCUT2D eigenvalue weighted by Gasteiger charge is 2.54. The molecule has 12 nitrogen and oxygen atoms in total. The van der Waals surface area contributed by atoms with Crippen molar-refractivity contribution in [1.29, 1.82) is 0 Å². The minimum Gasteiger partial charge on any atom is -0.494 e. The lowest BCUT2D eigenvalue weighted by Gasteiger charge is -2.31. The van der Waals surface area contributed by atoms with Crippen LogP contribution in [-0.4, -0.2) is 100 Å². The van der Waals surface area contributed by atoms with Crippen LogP contribution in [-0.2, 0) is 24.0 Å². The van der Waals surface area contributed by atoms with E-state index in [4.69, 9.17) is 9.57 Å². The molecule has 2 amide bonds. The zero-order chi connectivity index (χ0) is 45.5. The number of nitrogens with zero attached hydrogens (tertiary/aromatic N) is 4. The summed E-state index contributed by atoms with van der Waals surface area (Å²) in [6.07, 6.45) is 13.0. The van der Waals surface area contributed by atoms with E-state index >= 15 is 8.63 Å². The van der Waals surface area contributed by atoms with Crippen LogP contribution in [0.4, 0.5) is 8.63 Å². The third-order valence-electron chi connectivity index (χ3n) is 11.7. The van der Waals surface area contributed by atoms with Crippen LogP contribution in [0.5, 0.6) is 5.75 Å². The Morgan fingerprint density at radius 3 is 2.38 bits per heavy atom. The van der Waals surface area contributed by atoms with Crippen molar-refractivity contribution in [3.05, 3.63) is 106 Å². The van der Waals surface area contributed by atoms with Gasteiger partial charge in [0.15, 0.2) is 17.2 Å². The summed E-state index contributed by atoms with van der Waals surface area (Å²) in [7, 11) is 6.42. The molecular formula is C48H62BF2N6O6+. The Kier molecular flexibility index (Phi) is 14.9. The highest BCUT2D eigenvalue weighted by atomic mass is 19.2. The minimum absolute atomic E-state index is 0.0555. The second-order valence-electron chi connectivity index (χ2n) is 17.9. The Bertz CT molecular complexity index is 2330. The first-order chi connectivity index (χ1) is 29.9. The Labute approximate surface area is 369 Å². The van der Waals surface area contributed by atoms with Crippen molar-refractivity contribution in [1.82, 2.24) is 19.8 Å². The molecule has 6 rings (SSSR count). The molecule has 0 saturated carbocycles. The van der Waals surface area contributed by atoms with Gasteiger partial charge in [-0.3, -0.25) is 14.4 Å². The number of carbonyl (C=O) groups is 4. The number of hydrogen-bond acceptors (Lipinski definition) is 6. The standard InChI is InChI=1S/C48H61BF2N6O6/c1-8-40(45(58)15-10-9-11-17-48(61)63-56-35(4)19-27-47(56)60)53-46(59)16-13-29-62-39-24-21-36(22-25-39)20-23-38-30-33(2)42-32-43-37(14-12-28-57(5,6)7)31-44(41-26-18-34(3)52-41)55(43)49(50,51)54(38)42/h18,20-26,30-32,40,52H,4,8-17,19,27-29H2,1-3,5-7H3/p+1/b23-20+. The topological polar surface area (TPSA) is 126 Å². The number of ketones is 1. The molecule has 1 fully saturated rings. The molecule has 2 aromatic heterocycles. The number of amides is 2. The van der Waals surface area contributed by atoms with E-state index in [2.05, 4.69) is 38.0 Å². The fourth-order valence-corrected chi connectivity index (χ4v) is 8.26. The zero-order valence-corrected chi connectivity index (χ0v) is 37.6. The number of aryl methyl sites for hydroxylation is 2. The molecule has 0 radical (unpaired) electrons. The molecule has 5 heterocycles. The van der Waals surface area contributed by atoms with Crippen LogP contribution in [0.2, 0.25) is 0 Å². The summed E-state index contributed by atoms with van der Waals surface area (Å²) < 4.78 is 43.2. The number of unbranched alkanes of at least 4 members (excludes halogenated alkanes) is 2. The summed E-state index contributed by atoms with van der Waals surface area (Å²) in [5, 5.41) is 3.81. The second kappa shape index (κ2) is 20.1. The third-order valence-corrected chi connectivity index (χ3v) is 11.7. The maximum atomic E-state index is 17.0. The molecule has 0 spiro atoms. The zero-order valence-electron chi connectivity index (χ0n) is 37.6. The second-order valence-corrected chi connectivity index (χ2v) is 17.9. The average Bonchev–Trinajstić information content (AvgIpc) is 4.00. The number of hydrogen-bond donors (Lipinski definition) is 2. The molecule has 0 aliphatic carbocycles. The largest absolute Gasteiger partial charge is 0.737 e. The first-order valence-corrected chi connectivity index (χ1v) is 22.2. The molecule has 0 bridgehead atoms. The van der Waals surface area contributed by atoms with Crippen molar-refractivity contribution in [2.45, 2.75) is 104 Å². The predicted molar refractivity (Wildman–Crippen MR) is 242 cm³/mol. The van der Waals surface area contributed by atoms with Crippen LogP contribution >= 0.6 is 0 Å². The lowest BCUT2D eigenvalue weighted by molar-refractivity contribution is -0.870. The minimum atomic E-state index is -4.24. The maximum Gasteiger partial charge on any atom is 0.737 e. The van der Waals surface area contributed by atoms with Gasteiger partial charge in [-0.25, -0.2) is 4.79 Å². The molecule has 3 aliphatic heterocycles. The number of hydroxylamine groups is 2. The summed E-state index contributed by atoms with van der Waals surface area (Å²) in [4.78, 5) is 57.7. The van der Waals surface area contributed by atoms with Crippen molar-refractivity contribution < 1.29 is 46.4 Å². The number of allylic oxidation sites excluding steroid dienone is 3. The number of rotatable bonds is 22. The van der Waals surface area contributed by atoms with Crippen LogP contribution < -0.4 is 10.1 Å². The number of Topliss-reactive ketones (excluding diaryl/α,β-unsaturated/α-hetero) is 1. The third kappa shape index (κ3) is 11.6. The van der Waals surface area contributed by atoms with E-state index in [0.717, 1.165) is 44.9 Å². The summed E-state index contributed by atoms with van der Waals surface area (Å²) in [6, 6.07) is 12.3. The van der Waals surface area contributed by atoms with Gasteiger partial charge in [0.25, 0.3) is 5.91 Å². The number of quaternary nitrogens is 1. The Balaban J connectivity index is 0.975. The number of aromatic nitrogens is 2. The molecule has 1 aromatic carbocycles.